The van der Waals surface area contributed by atoms with Crippen molar-refractivity contribution in [3.05, 3.63) is 129 Å². The average molecular weight is 845 g/mol. The Morgan fingerprint density at radius 2 is 1.72 bits per heavy atom. The molecule has 0 saturated carbocycles. The van der Waals surface area contributed by atoms with Crippen LogP contribution in [-0.2, 0) is 27.4 Å². The fourth-order valence-electron chi connectivity index (χ4n) is 9.10. The van der Waals surface area contributed by atoms with Gasteiger partial charge in [-0.1, -0.05) is 0 Å². The number of carbonyl (C=O) groups is 1. The molecule has 0 bridgehead atoms. The van der Waals surface area contributed by atoms with Gasteiger partial charge in [-0.2, -0.15) is 5.10 Å². The third-order valence-corrected chi connectivity index (χ3v) is 14.7. The highest BCUT2D eigenvalue weighted by Gasteiger charge is 2.37. The topological polar surface area (TPSA) is 160 Å². The SMILES string of the molecule is Cc1nnc(Cn2c(C(=O)N3CCc4nn(-c5cc(C)c(F)c(C)c5)c(-n5ccn(-c6ccc([S@]7(=O)=NCCC7)cc6)c5=O)c4[C@@H]3C)cc3cc(C4CCOCC4)ncc32)o1. The number of halogens is 1. The lowest BCUT2D eigenvalue weighted by Crippen LogP contribution is -2.40. The minimum Gasteiger partial charge on any atom is -0.424 e. The fourth-order valence-corrected chi connectivity index (χ4v) is 11.1. The number of aryl methyl sites for hydroxylation is 3. The molecule has 2 atom stereocenters. The lowest BCUT2D eigenvalue weighted by atomic mass is 9.95. The molecule has 0 unspecified atom stereocenters. The van der Waals surface area contributed by atoms with Crippen LogP contribution in [0.3, 0.4) is 0 Å². The Morgan fingerprint density at radius 1 is 0.967 bits per heavy atom. The van der Waals surface area contributed by atoms with Crippen molar-refractivity contribution in [2.24, 2.45) is 4.36 Å². The van der Waals surface area contributed by atoms with Gasteiger partial charge in [0.1, 0.15) is 23.9 Å². The van der Waals surface area contributed by atoms with Crippen LogP contribution in [0.5, 0.6) is 0 Å². The van der Waals surface area contributed by atoms with Gasteiger partial charge in [0.15, 0.2) is 0 Å². The fraction of sp³-hybridized carbons (Fsp3) is 0.364. The van der Waals surface area contributed by atoms with E-state index in [-0.39, 0.29) is 29.9 Å². The number of amides is 1. The van der Waals surface area contributed by atoms with Crippen molar-refractivity contribution in [3.63, 3.8) is 0 Å². The van der Waals surface area contributed by atoms with Gasteiger partial charge >= 0.3 is 5.69 Å². The van der Waals surface area contributed by atoms with Gasteiger partial charge in [-0.15, -0.1) is 10.2 Å². The largest absolute Gasteiger partial charge is 0.424 e. The summed E-state index contributed by atoms with van der Waals surface area (Å²) in [5, 5.41) is 14.2. The van der Waals surface area contributed by atoms with Gasteiger partial charge in [0, 0.05) is 85.3 Å². The van der Waals surface area contributed by atoms with Crippen LogP contribution >= 0.6 is 0 Å². The molecule has 15 nitrogen and oxygen atoms in total. The van der Waals surface area contributed by atoms with E-state index in [1.807, 2.05) is 28.7 Å². The summed E-state index contributed by atoms with van der Waals surface area (Å²) in [7, 11) is -2.46. The zero-order valence-electron chi connectivity index (χ0n) is 34.4. The summed E-state index contributed by atoms with van der Waals surface area (Å²) in [6.45, 7) is 9.55. The highest BCUT2D eigenvalue weighted by molar-refractivity contribution is 7.93. The van der Waals surface area contributed by atoms with E-state index in [1.54, 1.807) is 74.2 Å². The van der Waals surface area contributed by atoms with Gasteiger partial charge in [0.2, 0.25) is 11.8 Å². The number of ether oxygens (including phenoxy) is 1. The maximum absolute atomic E-state index is 15.1. The summed E-state index contributed by atoms with van der Waals surface area (Å²) in [5.41, 5.74) is 5.27. The van der Waals surface area contributed by atoms with Gasteiger partial charge in [-0.3, -0.25) is 18.9 Å². The number of imidazole rings is 1. The minimum absolute atomic E-state index is 0.166. The molecule has 7 aromatic rings. The number of benzene rings is 2. The van der Waals surface area contributed by atoms with E-state index in [9.17, 15) is 9.00 Å². The Kier molecular flexibility index (Phi) is 9.62. The van der Waals surface area contributed by atoms with Crippen molar-refractivity contribution in [2.75, 3.05) is 32.1 Å². The molecular weight excluding hydrogens is 800 g/mol. The van der Waals surface area contributed by atoms with Gasteiger partial charge in [0.25, 0.3) is 5.91 Å². The van der Waals surface area contributed by atoms with Crippen molar-refractivity contribution >= 4 is 26.5 Å². The number of pyridine rings is 1. The quantitative estimate of drug-likeness (QED) is 0.165. The zero-order valence-corrected chi connectivity index (χ0v) is 35.2. The van der Waals surface area contributed by atoms with E-state index in [0.29, 0.717) is 94.7 Å². The molecule has 2 aromatic carbocycles. The molecule has 1 saturated heterocycles. The Balaban J connectivity index is 1.07. The molecule has 0 N–H and O–H groups in total. The number of aromatic nitrogens is 8. The molecule has 3 aliphatic heterocycles. The molecule has 17 heteroatoms. The van der Waals surface area contributed by atoms with Gasteiger partial charge < -0.3 is 18.6 Å². The van der Waals surface area contributed by atoms with E-state index < -0.39 is 15.8 Å². The molecule has 314 valence electrons. The Morgan fingerprint density at radius 3 is 2.43 bits per heavy atom. The van der Waals surface area contributed by atoms with Crippen molar-refractivity contribution in [3.8, 4) is 17.2 Å². The maximum Gasteiger partial charge on any atom is 0.338 e. The normalized spacial score (nSPS) is 19.4. The molecule has 1 amide bonds. The van der Waals surface area contributed by atoms with E-state index in [2.05, 4.69) is 20.6 Å². The van der Waals surface area contributed by atoms with Crippen molar-refractivity contribution < 1.29 is 22.5 Å². The highest BCUT2D eigenvalue weighted by Crippen LogP contribution is 2.38. The van der Waals surface area contributed by atoms with Crippen molar-refractivity contribution in [1.82, 2.24) is 43.6 Å². The molecular formula is C44H45FN10O5S. The lowest BCUT2D eigenvalue weighted by molar-refractivity contribution is 0.0666. The third kappa shape index (κ3) is 6.70. The number of hydrogen-bond acceptors (Lipinski definition) is 10. The molecule has 3 aliphatic rings. The maximum atomic E-state index is 15.1. The molecule has 8 heterocycles. The number of hydrogen-bond donors (Lipinski definition) is 0. The van der Waals surface area contributed by atoms with Crippen LogP contribution in [0, 0.1) is 26.6 Å². The summed E-state index contributed by atoms with van der Waals surface area (Å²) < 4.78 is 50.8. The number of carbonyl (C=O) groups excluding carboxylic acids is 1. The van der Waals surface area contributed by atoms with Crippen LogP contribution in [0.1, 0.15) is 88.5 Å². The Bertz CT molecular complexity index is 3030. The smallest absolute Gasteiger partial charge is 0.338 e. The van der Waals surface area contributed by atoms with E-state index in [4.69, 9.17) is 19.2 Å². The van der Waals surface area contributed by atoms with Crippen LogP contribution in [0.25, 0.3) is 28.1 Å². The summed E-state index contributed by atoms with van der Waals surface area (Å²) in [6.07, 6.45) is 8.13. The first-order chi connectivity index (χ1) is 29.5. The first-order valence-electron chi connectivity index (χ1n) is 20.6. The monoisotopic (exact) mass is 844 g/mol. The van der Waals surface area contributed by atoms with Gasteiger partial charge in [-0.05, 0) is 99.7 Å². The molecule has 1 fully saturated rings. The summed E-state index contributed by atoms with van der Waals surface area (Å²) in [5.74, 6) is 1.49. The van der Waals surface area contributed by atoms with E-state index >= 15 is 9.18 Å². The summed E-state index contributed by atoms with van der Waals surface area (Å²) >= 11 is 0. The lowest BCUT2D eigenvalue weighted by Gasteiger charge is -2.33. The first kappa shape index (κ1) is 39.0. The second kappa shape index (κ2) is 15.1. The number of nitrogens with zero attached hydrogens (tertiary/aromatic N) is 10. The number of fused-ring (bicyclic) bond motifs is 2. The molecule has 0 spiro atoms. The van der Waals surface area contributed by atoms with Gasteiger partial charge in [-0.25, -0.2) is 22.4 Å². The first-order valence-corrected chi connectivity index (χ1v) is 22.3. The predicted octanol–water partition coefficient (Wildman–Crippen LogP) is 6.54. The molecule has 61 heavy (non-hydrogen) atoms. The summed E-state index contributed by atoms with van der Waals surface area (Å²) in [4.78, 5) is 37.0. The summed E-state index contributed by atoms with van der Waals surface area (Å²) in [6, 6.07) is 14.0. The highest BCUT2D eigenvalue weighted by atomic mass is 32.2. The second-order valence-corrected chi connectivity index (χ2v) is 18.6. The number of rotatable bonds is 8. The second-order valence-electron chi connectivity index (χ2n) is 16.2. The molecule has 0 radical (unpaired) electrons. The van der Waals surface area contributed by atoms with Crippen LogP contribution in [0.15, 0.2) is 85.6 Å². The van der Waals surface area contributed by atoms with Gasteiger partial charge in [0.05, 0.1) is 44.6 Å². The van der Waals surface area contributed by atoms with E-state index in [1.165, 1.54) is 9.13 Å². The molecule has 10 rings (SSSR count). The third-order valence-electron chi connectivity index (χ3n) is 12.3. The standard InChI is InChI=1S/C44H45FN10O5S/c1-26-20-33(21-27(2)41(26)45)55-42(53-16-15-52(44(53)57)32-6-8-34(9-7-32)61(58)19-5-13-47-61)40-28(3)51(14-10-35(40)50-55)43(56)37-23-31-22-36(30-11-17-59-18-12-30)46-24-38(31)54(37)25-39-49-48-29(4)60-39/h6-9,15-16,20-24,28,30H,5,10-14,17-19,25H2,1-4H3/t28-,61-/m0/s1. The van der Waals surface area contributed by atoms with E-state index in [0.717, 1.165) is 41.6 Å². The zero-order chi connectivity index (χ0) is 42.2. The van der Waals surface area contributed by atoms with Crippen LogP contribution in [-0.4, -0.2) is 85.7 Å². The van der Waals surface area contributed by atoms with Crippen LogP contribution < -0.4 is 5.69 Å². The average Bonchev–Trinajstić information content (AvgIpc) is 4.12. The molecule has 5 aromatic heterocycles. The van der Waals surface area contributed by atoms with Crippen molar-refractivity contribution in [1.29, 1.82) is 0 Å². The Labute approximate surface area is 351 Å². The van der Waals surface area contributed by atoms with Crippen molar-refractivity contribution in [2.45, 2.75) is 76.8 Å². The van der Waals surface area contributed by atoms with Crippen LogP contribution in [0.2, 0.25) is 0 Å². The van der Waals surface area contributed by atoms with Crippen LogP contribution in [0.4, 0.5) is 4.39 Å². The predicted molar refractivity (Wildman–Crippen MR) is 225 cm³/mol. The molecule has 0 aliphatic carbocycles. The minimum atomic E-state index is -2.46. The Hall–Kier alpha value is -6.20.